The fourth-order valence-electron chi connectivity index (χ4n) is 3.28. The second-order valence-electron chi connectivity index (χ2n) is 7.12. The van der Waals surface area contributed by atoms with Gasteiger partial charge >= 0.3 is 6.03 Å². The molecule has 1 saturated heterocycles. The molecule has 3 aromatic rings. The van der Waals surface area contributed by atoms with E-state index < -0.39 is 11.6 Å². The van der Waals surface area contributed by atoms with Gasteiger partial charge < -0.3 is 14.7 Å². The van der Waals surface area contributed by atoms with Gasteiger partial charge in [-0.05, 0) is 36.8 Å². The number of carbonyl (C=O) groups is 2. The number of aryl methyl sites for hydroxylation is 1. The SMILES string of the molecule is Cc1cc(CNC(=O)c2ccnc(N3CCN(Cc4ccc(F)c(F)c4)C3=O)c2)no1. The maximum absolute atomic E-state index is 13.4. The number of nitrogens with one attached hydrogen (secondary N) is 1. The largest absolute Gasteiger partial charge is 0.361 e. The molecular formula is C21H19F2N5O3. The third kappa shape index (κ3) is 4.52. The normalized spacial score (nSPS) is 13.7. The van der Waals surface area contributed by atoms with E-state index in [1.165, 1.54) is 28.1 Å². The maximum atomic E-state index is 13.4. The van der Waals surface area contributed by atoms with Crippen molar-refractivity contribution in [1.29, 1.82) is 0 Å². The molecule has 3 heterocycles. The standard InChI is InChI=1S/C21H19F2N5O3/c1-13-8-16(26-31-13)11-25-20(29)15-4-5-24-19(10-15)28-7-6-27(21(28)30)12-14-2-3-17(22)18(23)9-14/h2-5,8-10H,6-7,11-12H2,1H3,(H,25,29). The van der Waals surface area contributed by atoms with Crippen LogP contribution in [0.25, 0.3) is 0 Å². The highest BCUT2D eigenvalue weighted by Gasteiger charge is 2.30. The second kappa shape index (κ2) is 8.50. The fraction of sp³-hybridized carbons (Fsp3) is 0.238. The zero-order valence-corrected chi connectivity index (χ0v) is 16.6. The molecule has 160 valence electrons. The van der Waals surface area contributed by atoms with Crippen LogP contribution >= 0.6 is 0 Å². The first-order valence-corrected chi connectivity index (χ1v) is 9.57. The van der Waals surface area contributed by atoms with Crippen LogP contribution in [-0.2, 0) is 13.1 Å². The highest BCUT2D eigenvalue weighted by molar-refractivity contribution is 5.97. The first-order chi connectivity index (χ1) is 14.9. The molecule has 1 aliphatic heterocycles. The molecular weight excluding hydrogens is 408 g/mol. The van der Waals surface area contributed by atoms with Crippen molar-refractivity contribution in [2.45, 2.75) is 20.0 Å². The first kappa shape index (κ1) is 20.5. The molecule has 1 aromatic carbocycles. The number of urea groups is 1. The van der Waals surface area contributed by atoms with Crippen LogP contribution < -0.4 is 10.2 Å². The number of pyridine rings is 1. The second-order valence-corrected chi connectivity index (χ2v) is 7.12. The van der Waals surface area contributed by atoms with E-state index in [1.54, 1.807) is 19.1 Å². The van der Waals surface area contributed by atoms with Crippen LogP contribution in [0.1, 0.15) is 27.4 Å². The minimum atomic E-state index is -0.956. The van der Waals surface area contributed by atoms with Gasteiger partial charge in [-0.1, -0.05) is 11.2 Å². The lowest BCUT2D eigenvalue weighted by Gasteiger charge is -2.18. The van der Waals surface area contributed by atoms with Gasteiger partial charge in [0.05, 0.1) is 6.54 Å². The van der Waals surface area contributed by atoms with Gasteiger partial charge in [0.1, 0.15) is 17.3 Å². The van der Waals surface area contributed by atoms with Gasteiger partial charge in [0, 0.05) is 37.5 Å². The Balaban J connectivity index is 1.41. The molecule has 31 heavy (non-hydrogen) atoms. The third-order valence-electron chi connectivity index (χ3n) is 4.84. The van der Waals surface area contributed by atoms with E-state index in [4.69, 9.17) is 4.52 Å². The molecule has 0 aliphatic carbocycles. The number of rotatable bonds is 6. The van der Waals surface area contributed by atoms with Crippen molar-refractivity contribution in [2.75, 3.05) is 18.0 Å². The molecule has 1 fully saturated rings. The summed E-state index contributed by atoms with van der Waals surface area (Å²) in [6.07, 6.45) is 1.45. The minimum absolute atomic E-state index is 0.143. The monoisotopic (exact) mass is 427 g/mol. The summed E-state index contributed by atoms with van der Waals surface area (Å²) in [6, 6.07) is 8.02. The maximum Gasteiger partial charge on any atom is 0.326 e. The molecule has 1 N–H and O–H groups in total. The van der Waals surface area contributed by atoms with Crippen molar-refractivity contribution in [2.24, 2.45) is 0 Å². The van der Waals surface area contributed by atoms with E-state index in [-0.39, 0.29) is 25.0 Å². The smallest absolute Gasteiger partial charge is 0.326 e. The fourth-order valence-corrected chi connectivity index (χ4v) is 3.28. The van der Waals surface area contributed by atoms with E-state index in [2.05, 4.69) is 15.5 Å². The number of nitrogens with zero attached hydrogens (tertiary/aromatic N) is 4. The Morgan fingerprint density at radius 3 is 2.74 bits per heavy atom. The van der Waals surface area contributed by atoms with E-state index >= 15 is 0 Å². The predicted molar refractivity (Wildman–Crippen MR) is 106 cm³/mol. The van der Waals surface area contributed by atoms with Crippen LogP contribution in [0.15, 0.2) is 47.1 Å². The van der Waals surface area contributed by atoms with Gasteiger partial charge in [0.25, 0.3) is 5.91 Å². The molecule has 1 aliphatic rings. The number of carbonyl (C=O) groups excluding carboxylic acids is 2. The molecule has 0 spiro atoms. The topological polar surface area (TPSA) is 91.6 Å². The summed E-state index contributed by atoms with van der Waals surface area (Å²) >= 11 is 0. The van der Waals surface area contributed by atoms with Crippen molar-refractivity contribution in [3.8, 4) is 0 Å². The van der Waals surface area contributed by atoms with Gasteiger partial charge in [-0.25, -0.2) is 18.6 Å². The molecule has 0 saturated carbocycles. The van der Waals surface area contributed by atoms with Crippen molar-refractivity contribution in [1.82, 2.24) is 20.4 Å². The van der Waals surface area contributed by atoms with Gasteiger partial charge in [-0.15, -0.1) is 0 Å². The molecule has 10 heteroatoms. The van der Waals surface area contributed by atoms with Crippen LogP contribution in [0.5, 0.6) is 0 Å². The summed E-state index contributed by atoms with van der Waals surface area (Å²) in [4.78, 5) is 32.4. The summed E-state index contributed by atoms with van der Waals surface area (Å²) in [6.45, 7) is 2.86. The Labute approximate surface area is 176 Å². The Bertz CT molecular complexity index is 1130. The number of halogens is 2. The summed E-state index contributed by atoms with van der Waals surface area (Å²) in [5.74, 6) is -1.24. The lowest BCUT2D eigenvalue weighted by Crippen LogP contribution is -2.32. The first-order valence-electron chi connectivity index (χ1n) is 9.57. The van der Waals surface area contributed by atoms with E-state index in [9.17, 15) is 18.4 Å². The number of hydrogen-bond donors (Lipinski definition) is 1. The zero-order chi connectivity index (χ0) is 22.0. The third-order valence-corrected chi connectivity index (χ3v) is 4.84. The molecule has 0 bridgehead atoms. The van der Waals surface area contributed by atoms with Crippen molar-refractivity contribution in [3.63, 3.8) is 0 Å². The van der Waals surface area contributed by atoms with Crippen LogP contribution in [0.3, 0.4) is 0 Å². The molecule has 0 unspecified atom stereocenters. The zero-order valence-electron chi connectivity index (χ0n) is 16.6. The highest BCUT2D eigenvalue weighted by atomic mass is 19.2. The Morgan fingerprint density at radius 2 is 2.00 bits per heavy atom. The van der Waals surface area contributed by atoms with Gasteiger partial charge in [0.2, 0.25) is 0 Å². The lowest BCUT2D eigenvalue weighted by atomic mass is 10.2. The summed E-state index contributed by atoms with van der Waals surface area (Å²) in [7, 11) is 0. The van der Waals surface area contributed by atoms with E-state index in [1.807, 2.05) is 0 Å². The lowest BCUT2D eigenvalue weighted by molar-refractivity contribution is 0.0950. The number of aromatic nitrogens is 2. The van der Waals surface area contributed by atoms with Crippen molar-refractivity contribution < 1.29 is 22.9 Å². The average Bonchev–Trinajstić information content (AvgIpc) is 3.34. The number of amides is 3. The van der Waals surface area contributed by atoms with Crippen LogP contribution in [0.4, 0.5) is 19.4 Å². The van der Waals surface area contributed by atoms with Gasteiger partial charge in [-0.3, -0.25) is 9.69 Å². The number of benzene rings is 1. The molecule has 4 rings (SSSR count). The number of hydrogen-bond acceptors (Lipinski definition) is 5. The van der Waals surface area contributed by atoms with E-state index in [0.29, 0.717) is 41.5 Å². The van der Waals surface area contributed by atoms with Gasteiger partial charge in [0.15, 0.2) is 11.6 Å². The molecule has 8 nitrogen and oxygen atoms in total. The Kier molecular flexibility index (Phi) is 5.61. The van der Waals surface area contributed by atoms with Crippen LogP contribution in [0.2, 0.25) is 0 Å². The van der Waals surface area contributed by atoms with Gasteiger partial charge in [-0.2, -0.15) is 0 Å². The summed E-state index contributed by atoms with van der Waals surface area (Å²) in [5.41, 5.74) is 1.43. The number of anilines is 1. The summed E-state index contributed by atoms with van der Waals surface area (Å²) < 4.78 is 31.5. The summed E-state index contributed by atoms with van der Waals surface area (Å²) in [5, 5.41) is 6.56. The molecule has 0 radical (unpaired) electrons. The quantitative estimate of drug-likeness (QED) is 0.653. The average molecular weight is 427 g/mol. The molecule has 3 amide bonds. The minimum Gasteiger partial charge on any atom is -0.361 e. The van der Waals surface area contributed by atoms with E-state index in [0.717, 1.165) is 12.1 Å². The highest BCUT2D eigenvalue weighted by Crippen LogP contribution is 2.21. The van der Waals surface area contributed by atoms with Crippen LogP contribution in [-0.4, -0.2) is 40.1 Å². The van der Waals surface area contributed by atoms with Crippen molar-refractivity contribution >= 4 is 17.8 Å². The molecule has 2 aromatic heterocycles. The molecule has 0 atom stereocenters. The Hall–Kier alpha value is -3.82. The van der Waals surface area contributed by atoms with Crippen LogP contribution in [0, 0.1) is 18.6 Å². The predicted octanol–water partition coefficient (Wildman–Crippen LogP) is 3.03. The Morgan fingerprint density at radius 1 is 1.16 bits per heavy atom. The van der Waals surface area contributed by atoms with Crippen molar-refractivity contribution in [3.05, 3.63) is 76.8 Å².